The van der Waals surface area contributed by atoms with Crippen molar-refractivity contribution in [3.63, 3.8) is 0 Å². The molecule has 1 unspecified atom stereocenters. The van der Waals surface area contributed by atoms with Crippen molar-refractivity contribution in [2.24, 2.45) is 5.73 Å². The van der Waals surface area contributed by atoms with Gasteiger partial charge in [-0.15, -0.1) is 0 Å². The van der Waals surface area contributed by atoms with E-state index in [9.17, 15) is 9.18 Å². The van der Waals surface area contributed by atoms with E-state index >= 15 is 0 Å². The quantitative estimate of drug-likeness (QED) is 0.640. The minimum atomic E-state index is -0.553. The number of rotatable bonds is 8. The highest BCUT2D eigenvalue weighted by molar-refractivity contribution is 5.81. The Morgan fingerprint density at radius 3 is 2.30 bits per heavy atom. The number of hydrogen-bond acceptors (Lipinski definition) is 3. The van der Waals surface area contributed by atoms with Gasteiger partial charge in [0.1, 0.15) is 24.2 Å². The summed E-state index contributed by atoms with van der Waals surface area (Å²) in [4.78, 5) is 11.7. The highest BCUT2D eigenvalue weighted by Crippen LogP contribution is 2.17. The number of primary amides is 1. The number of ether oxygens (including phenoxy) is 1. The second-order valence-electron chi connectivity index (χ2n) is 6.15. The Morgan fingerprint density at radius 2 is 1.63 bits per heavy atom. The molecular formula is C22H21FN2O2. The zero-order valence-electron chi connectivity index (χ0n) is 14.8. The van der Waals surface area contributed by atoms with Gasteiger partial charge in [-0.05, 0) is 29.3 Å². The average molecular weight is 364 g/mol. The summed E-state index contributed by atoms with van der Waals surface area (Å²) in [6.45, 7) is 0.651. The molecule has 0 heterocycles. The number of carbonyl (C=O) groups excluding carboxylic acids is 1. The summed E-state index contributed by atoms with van der Waals surface area (Å²) < 4.78 is 19.2. The summed E-state index contributed by atoms with van der Waals surface area (Å²) in [6.07, 6.45) is 0. The SMILES string of the molecule is NC(=O)C(NCc1ccc(OCc2ccccc2F)cc1)c1ccccc1. The van der Waals surface area contributed by atoms with Gasteiger partial charge in [0.15, 0.2) is 0 Å². The van der Waals surface area contributed by atoms with Crippen LogP contribution in [0.3, 0.4) is 0 Å². The van der Waals surface area contributed by atoms with E-state index in [2.05, 4.69) is 5.32 Å². The Kier molecular flexibility index (Phi) is 6.18. The third-order valence-electron chi connectivity index (χ3n) is 4.20. The van der Waals surface area contributed by atoms with Crippen molar-refractivity contribution in [2.45, 2.75) is 19.2 Å². The number of amides is 1. The largest absolute Gasteiger partial charge is 0.489 e. The van der Waals surface area contributed by atoms with Gasteiger partial charge in [-0.25, -0.2) is 4.39 Å². The lowest BCUT2D eigenvalue weighted by atomic mass is 10.1. The Labute approximate surface area is 157 Å². The van der Waals surface area contributed by atoms with Crippen molar-refractivity contribution in [1.29, 1.82) is 0 Å². The first-order valence-corrected chi connectivity index (χ1v) is 8.66. The fourth-order valence-electron chi connectivity index (χ4n) is 2.73. The fraction of sp³-hybridized carbons (Fsp3) is 0.136. The minimum absolute atomic E-state index is 0.169. The molecule has 0 saturated heterocycles. The van der Waals surface area contributed by atoms with Crippen LogP contribution in [0, 0.1) is 5.82 Å². The molecule has 4 nitrogen and oxygen atoms in total. The van der Waals surface area contributed by atoms with Crippen molar-refractivity contribution >= 4 is 5.91 Å². The number of hydrogen-bond donors (Lipinski definition) is 2. The van der Waals surface area contributed by atoms with Crippen LogP contribution in [-0.4, -0.2) is 5.91 Å². The fourth-order valence-corrected chi connectivity index (χ4v) is 2.73. The molecule has 1 amide bonds. The molecule has 0 aliphatic heterocycles. The first-order chi connectivity index (χ1) is 13.1. The van der Waals surface area contributed by atoms with Crippen LogP contribution in [0.4, 0.5) is 4.39 Å². The third kappa shape index (κ3) is 5.15. The molecule has 0 fully saturated rings. The zero-order chi connectivity index (χ0) is 19.1. The summed E-state index contributed by atoms with van der Waals surface area (Å²) in [7, 11) is 0. The van der Waals surface area contributed by atoms with Gasteiger partial charge in [0, 0.05) is 12.1 Å². The Balaban J connectivity index is 1.57. The molecule has 0 radical (unpaired) electrons. The van der Waals surface area contributed by atoms with E-state index in [0.717, 1.165) is 11.1 Å². The number of benzene rings is 3. The van der Waals surface area contributed by atoms with Crippen LogP contribution >= 0.6 is 0 Å². The highest BCUT2D eigenvalue weighted by atomic mass is 19.1. The lowest BCUT2D eigenvalue weighted by Crippen LogP contribution is -2.33. The second-order valence-corrected chi connectivity index (χ2v) is 6.15. The monoisotopic (exact) mass is 364 g/mol. The maximum absolute atomic E-state index is 13.6. The van der Waals surface area contributed by atoms with Gasteiger partial charge >= 0.3 is 0 Å². The van der Waals surface area contributed by atoms with Gasteiger partial charge in [0.05, 0.1) is 0 Å². The van der Waals surface area contributed by atoms with Gasteiger partial charge in [-0.1, -0.05) is 60.7 Å². The highest BCUT2D eigenvalue weighted by Gasteiger charge is 2.16. The smallest absolute Gasteiger partial charge is 0.239 e. The van der Waals surface area contributed by atoms with E-state index in [4.69, 9.17) is 10.5 Å². The Hall–Kier alpha value is -3.18. The van der Waals surface area contributed by atoms with Gasteiger partial charge < -0.3 is 10.5 Å². The molecule has 1 atom stereocenters. The van der Waals surface area contributed by atoms with Gasteiger partial charge in [0.2, 0.25) is 5.91 Å². The van der Waals surface area contributed by atoms with Crippen LogP contribution < -0.4 is 15.8 Å². The third-order valence-corrected chi connectivity index (χ3v) is 4.20. The summed E-state index contributed by atoms with van der Waals surface area (Å²) in [5, 5.41) is 3.17. The van der Waals surface area contributed by atoms with E-state index in [-0.39, 0.29) is 12.4 Å². The van der Waals surface area contributed by atoms with Crippen molar-refractivity contribution in [3.05, 3.63) is 101 Å². The summed E-state index contributed by atoms with van der Waals surface area (Å²) >= 11 is 0. The van der Waals surface area contributed by atoms with Crippen LogP contribution in [0.1, 0.15) is 22.7 Å². The first-order valence-electron chi connectivity index (χ1n) is 8.66. The van der Waals surface area contributed by atoms with Crippen LogP contribution in [0.5, 0.6) is 5.75 Å². The van der Waals surface area contributed by atoms with E-state index < -0.39 is 11.9 Å². The summed E-state index contributed by atoms with van der Waals surface area (Å²) in [5.41, 5.74) is 7.83. The number of nitrogens with two attached hydrogens (primary N) is 1. The maximum atomic E-state index is 13.6. The predicted molar refractivity (Wildman–Crippen MR) is 102 cm³/mol. The van der Waals surface area contributed by atoms with Gasteiger partial charge in [0.25, 0.3) is 0 Å². The van der Waals surface area contributed by atoms with Crippen LogP contribution in [0.25, 0.3) is 0 Å². The first kappa shape index (κ1) is 18.6. The summed E-state index contributed by atoms with van der Waals surface area (Å²) in [5.74, 6) is -0.0562. The van der Waals surface area contributed by atoms with Crippen molar-refractivity contribution in [1.82, 2.24) is 5.32 Å². The minimum Gasteiger partial charge on any atom is -0.489 e. The second kappa shape index (κ2) is 8.96. The molecule has 0 aliphatic carbocycles. The Morgan fingerprint density at radius 1 is 0.963 bits per heavy atom. The van der Waals surface area contributed by atoms with Crippen molar-refractivity contribution in [2.75, 3.05) is 0 Å². The van der Waals surface area contributed by atoms with Crippen molar-refractivity contribution < 1.29 is 13.9 Å². The molecule has 3 aromatic rings. The van der Waals surface area contributed by atoms with Crippen LogP contribution in [0.15, 0.2) is 78.9 Å². The molecule has 0 spiro atoms. The average Bonchev–Trinajstić information content (AvgIpc) is 2.69. The van der Waals surface area contributed by atoms with E-state index in [0.29, 0.717) is 17.9 Å². The van der Waals surface area contributed by atoms with Gasteiger partial charge in [-0.2, -0.15) is 0 Å². The molecule has 27 heavy (non-hydrogen) atoms. The number of nitrogens with one attached hydrogen (secondary N) is 1. The molecule has 3 N–H and O–H groups in total. The van der Waals surface area contributed by atoms with Crippen LogP contribution in [-0.2, 0) is 17.9 Å². The molecule has 0 saturated carbocycles. The zero-order valence-corrected chi connectivity index (χ0v) is 14.8. The molecule has 0 aliphatic rings. The van der Waals surface area contributed by atoms with E-state index in [1.54, 1.807) is 18.2 Å². The standard InChI is InChI=1S/C22H21FN2O2/c23-20-9-5-4-8-18(20)15-27-19-12-10-16(11-13-19)14-25-21(22(24)26)17-6-2-1-3-7-17/h1-13,21,25H,14-15H2,(H2,24,26). The lowest BCUT2D eigenvalue weighted by Gasteiger charge is -2.16. The Bertz CT molecular complexity index is 882. The lowest BCUT2D eigenvalue weighted by molar-refractivity contribution is -0.120. The van der Waals surface area contributed by atoms with Crippen molar-refractivity contribution in [3.8, 4) is 5.75 Å². The molecule has 138 valence electrons. The van der Waals surface area contributed by atoms with Gasteiger partial charge in [-0.3, -0.25) is 10.1 Å². The van der Waals surface area contributed by atoms with E-state index in [1.165, 1.54) is 6.07 Å². The molecule has 3 aromatic carbocycles. The molecule has 0 bridgehead atoms. The van der Waals surface area contributed by atoms with E-state index in [1.807, 2.05) is 54.6 Å². The molecule has 5 heteroatoms. The van der Waals surface area contributed by atoms with Crippen LogP contribution in [0.2, 0.25) is 0 Å². The predicted octanol–water partition coefficient (Wildman–Crippen LogP) is 3.72. The number of carbonyl (C=O) groups is 1. The number of halogens is 1. The normalized spacial score (nSPS) is 11.7. The molecule has 0 aromatic heterocycles. The molecular weight excluding hydrogens is 343 g/mol. The molecule has 3 rings (SSSR count). The maximum Gasteiger partial charge on any atom is 0.239 e. The summed E-state index contributed by atoms with van der Waals surface area (Å²) in [6, 6.07) is 22.8. The topological polar surface area (TPSA) is 64.4 Å².